The van der Waals surface area contributed by atoms with Crippen molar-refractivity contribution in [1.82, 2.24) is 20.3 Å². The Bertz CT molecular complexity index is 344. The molecule has 2 saturated heterocycles. The molecular formula is C10H17ClN4O. The molecule has 5 nitrogen and oxygen atoms in total. The van der Waals surface area contributed by atoms with Gasteiger partial charge in [-0.05, 0) is 25.7 Å². The lowest BCUT2D eigenvalue weighted by Gasteiger charge is -2.28. The van der Waals surface area contributed by atoms with Gasteiger partial charge in [0, 0.05) is 12.1 Å². The van der Waals surface area contributed by atoms with E-state index in [1.807, 2.05) is 10.9 Å². The van der Waals surface area contributed by atoms with Gasteiger partial charge in [-0.1, -0.05) is 5.21 Å². The van der Waals surface area contributed by atoms with E-state index in [9.17, 15) is 0 Å². The standard InChI is InChI=1S/C10H16N4O.ClH/c15-6-9-5-14(13-12-9)10-3-7-1-2-8(4-10)11-7;/h5,7-8,10-11,15H,1-4,6H2;1H. The third-order valence-electron chi connectivity index (χ3n) is 3.54. The SMILES string of the molecule is Cl.OCc1cn(C2CC3CCC(C2)N3)nn1. The van der Waals surface area contributed by atoms with Crippen LogP contribution in [0.5, 0.6) is 0 Å². The zero-order valence-corrected chi connectivity index (χ0v) is 9.86. The summed E-state index contributed by atoms with van der Waals surface area (Å²) in [6, 6.07) is 1.79. The smallest absolute Gasteiger partial charge is 0.108 e. The van der Waals surface area contributed by atoms with Gasteiger partial charge in [0.1, 0.15) is 5.69 Å². The summed E-state index contributed by atoms with van der Waals surface area (Å²) < 4.78 is 1.93. The lowest BCUT2D eigenvalue weighted by atomic mass is 10.0. The van der Waals surface area contributed by atoms with Gasteiger partial charge in [0.05, 0.1) is 18.8 Å². The van der Waals surface area contributed by atoms with Gasteiger partial charge in [-0.3, -0.25) is 0 Å². The van der Waals surface area contributed by atoms with Crippen molar-refractivity contribution < 1.29 is 5.11 Å². The fourth-order valence-corrected chi connectivity index (χ4v) is 2.81. The van der Waals surface area contributed by atoms with Crippen molar-refractivity contribution in [3.05, 3.63) is 11.9 Å². The number of fused-ring (bicyclic) bond motifs is 2. The maximum Gasteiger partial charge on any atom is 0.108 e. The molecule has 0 radical (unpaired) electrons. The second-order valence-corrected chi connectivity index (χ2v) is 4.61. The molecule has 2 bridgehead atoms. The van der Waals surface area contributed by atoms with Gasteiger partial charge >= 0.3 is 0 Å². The van der Waals surface area contributed by atoms with E-state index in [0.717, 1.165) is 12.8 Å². The maximum absolute atomic E-state index is 8.94. The van der Waals surface area contributed by atoms with Crippen molar-refractivity contribution in [3.8, 4) is 0 Å². The third kappa shape index (κ3) is 2.07. The Morgan fingerprint density at radius 2 is 2.06 bits per heavy atom. The van der Waals surface area contributed by atoms with E-state index in [1.54, 1.807) is 0 Å². The first kappa shape index (κ1) is 11.8. The fraction of sp³-hybridized carbons (Fsp3) is 0.800. The van der Waals surface area contributed by atoms with Gasteiger partial charge in [-0.15, -0.1) is 17.5 Å². The highest BCUT2D eigenvalue weighted by Crippen LogP contribution is 2.33. The van der Waals surface area contributed by atoms with Gasteiger partial charge in [-0.2, -0.15) is 0 Å². The van der Waals surface area contributed by atoms with Gasteiger partial charge in [0.15, 0.2) is 0 Å². The van der Waals surface area contributed by atoms with Crippen molar-refractivity contribution in [2.24, 2.45) is 0 Å². The molecule has 16 heavy (non-hydrogen) atoms. The van der Waals surface area contributed by atoms with E-state index in [4.69, 9.17) is 5.11 Å². The average molecular weight is 245 g/mol. The molecule has 3 rings (SSSR count). The Kier molecular flexibility index (Phi) is 3.47. The lowest BCUT2D eigenvalue weighted by Crippen LogP contribution is -2.39. The predicted octanol–water partition coefficient (Wildman–Crippen LogP) is 0.648. The maximum atomic E-state index is 8.94. The molecule has 2 atom stereocenters. The molecule has 0 aliphatic carbocycles. The van der Waals surface area contributed by atoms with Gasteiger partial charge < -0.3 is 10.4 Å². The summed E-state index contributed by atoms with van der Waals surface area (Å²) in [4.78, 5) is 0. The number of hydrogen-bond acceptors (Lipinski definition) is 4. The van der Waals surface area contributed by atoms with Crippen LogP contribution in [0.2, 0.25) is 0 Å². The molecule has 6 heteroatoms. The van der Waals surface area contributed by atoms with E-state index < -0.39 is 0 Å². The minimum absolute atomic E-state index is 0. The van der Waals surface area contributed by atoms with Crippen molar-refractivity contribution in [1.29, 1.82) is 0 Å². The summed E-state index contributed by atoms with van der Waals surface area (Å²) in [5, 5.41) is 20.5. The van der Waals surface area contributed by atoms with Crippen molar-refractivity contribution in [2.45, 2.75) is 50.4 Å². The number of aromatic nitrogens is 3. The first-order chi connectivity index (χ1) is 7.35. The second kappa shape index (κ2) is 4.69. The summed E-state index contributed by atoms with van der Waals surface area (Å²) >= 11 is 0. The Morgan fingerprint density at radius 3 is 2.62 bits per heavy atom. The van der Waals surface area contributed by atoms with E-state index in [1.165, 1.54) is 12.8 Å². The molecule has 0 amide bonds. The number of aliphatic hydroxyl groups is 1. The molecule has 2 N–H and O–H groups in total. The molecule has 3 heterocycles. The van der Waals surface area contributed by atoms with Crippen LogP contribution in [0.3, 0.4) is 0 Å². The first-order valence-electron chi connectivity index (χ1n) is 5.63. The number of rotatable bonds is 2. The Morgan fingerprint density at radius 1 is 1.38 bits per heavy atom. The highest BCUT2D eigenvalue weighted by Gasteiger charge is 2.34. The summed E-state index contributed by atoms with van der Waals surface area (Å²) in [7, 11) is 0. The van der Waals surface area contributed by atoms with Crippen LogP contribution in [0.1, 0.15) is 37.4 Å². The topological polar surface area (TPSA) is 63.0 Å². The Balaban J connectivity index is 0.000000963. The molecule has 2 aliphatic rings. The number of aliphatic hydroxyl groups excluding tert-OH is 1. The zero-order chi connectivity index (χ0) is 10.3. The van der Waals surface area contributed by atoms with Gasteiger partial charge in [0.2, 0.25) is 0 Å². The Hall–Kier alpha value is -0.650. The summed E-state index contributed by atoms with van der Waals surface area (Å²) in [5.74, 6) is 0. The zero-order valence-electron chi connectivity index (χ0n) is 9.04. The highest BCUT2D eigenvalue weighted by molar-refractivity contribution is 5.85. The van der Waals surface area contributed by atoms with Crippen molar-refractivity contribution in [2.75, 3.05) is 0 Å². The Labute approximate surface area is 101 Å². The number of halogens is 1. The molecule has 2 aliphatic heterocycles. The van der Waals surface area contributed by atoms with Crippen LogP contribution >= 0.6 is 12.4 Å². The monoisotopic (exact) mass is 244 g/mol. The summed E-state index contributed by atoms with van der Waals surface area (Å²) in [6.07, 6.45) is 6.75. The van der Waals surface area contributed by atoms with Crippen molar-refractivity contribution >= 4 is 12.4 Å². The van der Waals surface area contributed by atoms with Crippen molar-refractivity contribution in [3.63, 3.8) is 0 Å². The average Bonchev–Trinajstić information content (AvgIpc) is 2.85. The second-order valence-electron chi connectivity index (χ2n) is 4.61. The number of hydrogen-bond donors (Lipinski definition) is 2. The molecule has 2 fully saturated rings. The molecule has 1 aromatic rings. The fourth-order valence-electron chi connectivity index (χ4n) is 2.81. The van der Waals surface area contributed by atoms with Crippen LogP contribution in [0, 0.1) is 0 Å². The van der Waals surface area contributed by atoms with Crippen LogP contribution in [-0.4, -0.2) is 32.2 Å². The third-order valence-corrected chi connectivity index (χ3v) is 3.54. The molecule has 2 unspecified atom stereocenters. The van der Waals surface area contributed by atoms with Crippen LogP contribution in [0.25, 0.3) is 0 Å². The van der Waals surface area contributed by atoms with E-state index in [-0.39, 0.29) is 19.0 Å². The van der Waals surface area contributed by atoms with Crippen LogP contribution in [-0.2, 0) is 6.61 Å². The predicted molar refractivity (Wildman–Crippen MR) is 61.4 cm³/mol. The van der Waals surface area contributed by atoms with Gasteiger partial charge in [-0.25, -0.2) is 4.68 Å². The quantitative estimate of drug-likeness (QED) is 0.802. The number of piperidine rings is 1. The molecular weight excluding hydrogens is 228 g/mol. The molecule has 0 spiro atoms. The van der Waals surface area contributed by atoms with Crippen LogP contribution in [0.4, 0.5) is 0 Å². The minimum Gasteiger partial charge on any atom is -0.390 e. The van der Waals surface area contributed by atoms with E-state index in [0.29, 0.717) is 23.8 Å². The molecule has 0 saturated carbocycles. The molecule has 1 aromatic heterocycles. The summed E-state index contributed by atoms with van der Waals surface area (Å²) in [5.41, 5.74) is 0.667. The van der Waals surface area contributed by atoms with Gasteiger partial charge in [0.25, 0.3) is 0 Å². The number of nitrogens with one attached hydrogen (secondary N) is 1. The normalized spacial score (nSPS) is 32.4. The lowest BCUT2D eigenvalue weighted by molar-refractivity contribution is 0.275. The highest BCUT2D eigenvalue weighted by atomic mass is 35.5. The molecule has 90 valence electrons. The largest absolute Gasteiger partial charge is 0.390 e. The minimum atomic E-state index is -0.0160. The van der Waals surface area contributed by atoms with Crippen LogP contribution in [0.15, 0.2) is 6.20 Å². The van der Waals surface area contributed by atoms with E-state index in [2.05, 4.69) is 15.6 Å². The van der Waals surface area contributed by atoms with Crippen LogP contribution < -0.4 is 5.32 Å². The summed E-state index contributed by atoms with van der Waals surface area (Å²) in [6.45, 7) is -0.0160. The van der Waals surface area contributed by atoms with E-state index >= 15 is 0 Å². The first-order valence-corrected chi connectivity index (χ1v) is 5.63. The number of nitrogens with zero attached hydrogens (tertiary/aromatic N) is 3. The molecule has 0 aromatic carbocycles.